The lowest BCUT2D eigenvalue weighted by Crippen LogP contribution is -2.51. The zero-order valence-electron chi connectivity index (χ0n) is 13.8. The second-order valence-corrected chi connectivity index (χ2v) is 6.74. The normalized spacial score (nSPS) is 21.8. The summed E-state index contributed by atoms with van der Waals surface area (Å²) in [6.45, 7) is 1.70. The van der Waals surface area contributed by atoms with Gasteiger partial charge in [0.2, 0.25) is 11.8 Å². The van der Waals surface area contributed by atoms with Crippen LogP contribution in [0.4, 0.5) is 10.1 Å². The zero-order chi connectivity index (χ0) is 16.9. The van der Waals surface area contributed by atoms with Crippen molar-refractivity contribution in [2.45, 2.75) is 38.1 Å². The predicted molar refractivity (Wildman–Crippen MR) is 90.0 cm³/mol. The number of likely N-dealkylation sites (tertiary alicyclic amines) is 1. The highest BCUT2D eigenvalue weighted by Gasteiger charge is 2.29. The van der Waals surface area contributed by atoms with Crippen molar-refractivity contribution in [3.05, 3.63) is 30.1 Å². The molecule has 2 N–H and O–H groups in total. The molecule has 5 nitrogen and oxygen atoms in total. The van der Waals surface area contributed by atoms with E-state index in [1.807, 2.05) is 4.90 Å². The Labute approximate surface area is 141 Å². The number of hydrogen-bond donors (Lipinski definition) is 2. The number of amides is 2. The smallest absolute Gasteiger partial charge is 0.238 e. The highest BCUT2D eigenvalue weighted by Crippen LogP contribution is 2.26. The molecule has 1 aliphatic carbocycles. The molecule has 0 bridgehead atoms. The fourth-order valence-corrected chi connectivity index (χ4v) is 3.26. The first-order chi connectivity index (χ1) is 11.6. The van der Waals surface area contributed by atoms with Crippen molar-refractivity contribution in [3.63, 3.8) is 0 Å². The highest BCUT2D eigenvalue weighted by atomic mass is 19.1. The first-order valence-electron chi connectivity index (χ1n) is 8.69. The maximum absolute atomic E-state index is 13.6. The van der Waals surface area contributed by atoms with E-state index in [4.69, 9.17) is 0 Å². The van der Waals surface area contributed by atoms with Crippen LogP contribution in [0.25, 0.3) is 0 Å². The number of benzene rings is 1. The molecule has 1 heterocycles. The molecule has 1 unspecified atom stereocenters. The lowest BCUT2D eigenvalue weighted by atomic mass is 9.84. The summed E-state index contributed by atoms with van der Waals surface area (Å²) in [6.07, 6.45) is 5.03. The van der Waals surface area contributed by atoms with E-state index in [2.05, 4.69) is 10.6 Å². The first-order valence-corrected chi connectivity index (χ1v) is 8.69. The molecule has 6 heteroatoms. The standard InChI is InChI=1S/C18H24FN3O2/c19-15-8-1-2-9-16(15)21-17(23)12-22-10-4-7-14(11-22)20-18(24)13-5-3-6-13/h1-2,8-9,13-14H,3-7,10-12H2,(H,20,24)(H,21,23). The van der Waals surface area contributed by atoms with Crippen molar-refractivity contribution in [3.8, 4) is 0 Å². The van der Waals surface area contributed by atoms with Crippen molar-refractivity contribution in [1.29, 1.82) is 0 Å². The van der Waals surface area contributed by atoms with Crippen LogP contribution in [0.5, 0.6) is 0 Å². The van der Waals surface area contributed by atoms with E-state index >= 15 is 0 Å². The summed E-state index contributed by atoms with van der Waals surface area (Å²) in [5.74, 6) is -0.324. The van der Waals surface area contributed by atoms with Gasteiger partial charge in [-0.1, -0.05) is 18.6 Å². The minimum absolute atomic E-state index is 0.105. The van der Waals surface area contributed by atoms with E-state index in [-0.39, 0.29) is 36.0 Å². The van der Waals surface area contributed by atoms with Crippen LogP contribution >= 0.6 is 0 Å². The molecule has 24 heavy (non-hydrogen) atoms. The van der Waals surface area contributed by atoms with Crippen LogP contribution in [-0.4, -0.2) is 42.4 Å². The Hall–Kier alpha value is -1.95. The van der Waals surface area contributed by atoms with E-state index in [1.54, 1.807) is 18.2 Å². The molecular weight excluding hydrogens is 309 g/mol. The van der Waals surface area contributed by atoms with Crippen LogP contribution in [0.2, 0.25) is 0 Å². The molecule has 1 saturated carbocycles. The number of hydrogen-bond acceptors (Lipinski definition) is 3. The second-order valence-electron chi connectivity index (χ2n) is 6.74. The third-order valence-electron chi connectivity index (χ3n) is 4.84. The summed E-state index contributed by atoms with van der Waals surface area (Å²) in [4.78, 5) is 26.2. The minimum atomic E-state index is -0.435. The maximum Gasteiger partial charge on any atom is 0.238 e. The number of nitrogens with one attached hydrogen (secondary N) is 2. The molecule has 130 valence electrons. The van der Waals surface area contributed by atoms with Gasteiger partial charge in [-0.05, 0) is 44.4 Å². The van der Waals surface area contributed by atoms with Gasteiger partial charge in [-0.25, -0.2) is 4.39 Å². The van der Waals surface area contributed by atoms with Gasteiger partial charge in [-0.3, -0.25) is 14.5 Å². The van der Waals surface area contributed by atoms with Crippen LogP contribution in [0.15, 0.2) is 24.3 Å². The third-order valence-corrected chi connectivity index (χ3v) is 4.84. The lowest BCUT2D eigenvalue weighted by molar-refractivity contribution is -0.128. The summed E-state index contributed by atoms with van der Waals surface area (Å²) >= 11 is 0. The topological polar surface area (TPSA) is 61.4 Å². The maximum atomic E-state index is 13.6. The first kappa shape index (κ1) is 16.9. The number of piperidine rings is 1. The van der Waals surface area contributed by atoms with Crippen LogP contribution in [0, 0.1) is 11.7 Å². The second kappa shape index (κ2) is 7.75. The number of carbonyl (C=O) groups is 2. The van der Waals surface area contributed by atoms with Crippen LogP contribution in [-0.2, 0) is 9.59 Å². The van der Waals surface area contributed by atoms with Crippen molar-refractivity contribution < 1.29 is 14.0 Å². The Morgan fingerprint density at radius 2 is 1.96 bits per heavy atom. The number of carbonyl (C=O) groups excluding carboxylic acids is 2. The zero-order valence-corrected chi connectivity index (χ0v) is 13.8. The fraction of sp³-hybridized carbons (Fsp3) is 0.556. The minimum Gasteiger partial charge on any atom is -0.352 e. The molecular formula is C18H24FN3O2. The largest absolute Gasteiger partial charge is 0.352 e. The van der Waals surface area contributed by atoms with Gasteiger partial charge in [0.1, 0.15) is 5.82 Å². The van der Waals surface area contributed by atoms with Crippen molar-refractivity contribution in [2.75, 3.05) is 25.0 Å². The monoisotopic (exact) mass is 333 g/mol. The predicted octanol–water partition coefficient (Wildman–Crippen LogP) is 2.14. The molecule has 1 aromatic carbocycles. The Morgan fingerprint density at radius 3 is 2.67 bits per heavy atom. The summed E-state index contributed by atoms with van der Waals surface area (Å²) < 4.78 is 13.6. The Balaban J connectivity index is 1.47. The van der Waals surface area contributed by atoms with E-state index in [0.717, 1.165) is 38.6 Å². The van der Waals surface area contributed by atoms with E-state index in [1.165, 1.54) is 6.07 Å². The molecule has 1 aromatic rings. The third kappa shape index (κ3) is 4.32. The number of para-hydroxylation sites is 1. The molecule has 0 spiro atoms. The number of rotatable bonds is 5. The molecule has 2 amide bonds. The fourth-order valence-electron chi connectivity index (χ4n) is 3.26. The van der Waals surface area contributed by atoms with E-state index in [0.29, 0.717) is 6.54 Å². The van der Waals surface area contributed by atoms with Crippen molar-refractivity contribution >= 4 is 17.5 Å². The highest BCUT2D eigenvalue weighted by molar-refractivity contribution is 5.92. The Morgan fingerprint density at radius 1 is 1.17 bits per heavy atom. The lowest BCUT2D eigenvalue weighted by Gasteiger charge is -2.34. The van der Waals surface area contributed by atoms with Gasteiger partial charge in [0.25, 0.3) is 0 Å². The molecule has 0 radical (unpaired) electrons. The average Bonchev–Trinajstić information content (AvgIpc) is 2.48. The summed E-state index contributed by atoms with van der Waals surface area (Å²) in [6, 6.07) is 6.25. The Bertz CT molecular complexity index is 604. The number of halogens is 1. The molecule has 1 aliphatic heterocycles. The van der Waals surface area contributed by atoms with Gasteiger partial charge in [0.05, 0.1) is 12.2 Å². The van der Waals surface area contributed by atoms with Crippen molar-refractivity contribution in [1.82, 2.24) is 10.2 Å². The van der Waals surface area contributed by atoms with Crippen LogP contribution in [0.3, 0.4) is 0 Å². The molecule has 3 rings (SSSR count). The van der Waals surface area contributed by atoms with Crippen LogP contribution in [0.1, 0.15) is 32.1 Å². The SMILES string of the molecule is O=C(CN1CCCC(NC(=O)C2CCC2)C1)Nc1ccccc1F. The number of nitrogens with zero attached hydrogens (tertiary/aromatic N) is 1. The molecule has 0 aromatic heterocycles. The van der Waals surface area contributed by atoms with E-state index < -0.39 is 5.82 Å². The van der Waals surface area contributed by atoms with Crippen molar-refractivity contribution in [2.24, 2.45) is 5.92 Å². The summed E-state index contributed by atoms with van der Waals surface area (Å²) in [5.41, 5.74) is 0.203. The Kier molecular flexibility index (Phi) is 5.45. The van der Waals surface area contributed by atoms with Crippen LogP contribution < -0.4 is 10.6 Å². The van der Waals surface area contributed by atoms with E-state index in [9.17, 15) is 14.0 Å². The van der Waals surface area contributed by atoms with Gasteiger partial charge >= 0.3 is 0 Å². The van der Waals surface area contributed by atoms with Gasteiger partial charge in [0.15, 0.2) is 0 Å². The van der Waals surface area contributed by atoms with Gasteiger partial charge in [-0.2, -0.15) is 0 Å². The van der Waals surface area contributed by atoms with Gasteiger partial charge in [0, 0.05) is 18.5 Å². The van der Waals surface area contributed by atoms with Gasteiger partial charge < -0.3 is 10.6 Å². The molecule has 1 saturated heterocycles. The quantitative estimate of drug-likeness (QED) is 0.868. The average molecular weight is 333 g/mol. The number of anilines is 1. The molecule has 2 fully saturated rings. The molecule has 2 aliphatic rings. The summed E-state index contributed by atoms with van der Waals surface area (Å²) in [5, 5.41) is 5.72. The summed E-state index contributed by atoms with van der Waals surface area (Å²) in [7, 11) is 0. The van der Waals surface area contributed by atoms with Gasteiger partial charge in [-0.15, -0.1) is 0 Å². The molecule has 1 atom stereocenters.